The number of furan rings is 1. The molecule has 0 amide bonds. The van der Waals surface area contributed by atoms with Gasteiger partial charge in [-0.2, -0.15) is 0 Å². The van der Waals surface area contributed by atoms with Crippen molar-refractivity contribution in [3.05, 3.63) is 59.5 Å². The van der Waals surface area contributed by atoms with E-state index in [2.05, 4.69) is 31.3 Å². The van der Waals surface area contributed by atoms with Gasteiger partial charge in [-0.1, -0.05) is 38.1 Å². The van der Waals surface area contributed by atoms with Gasteiger partial charge in [0.15, 0.2) is 0 Å². The Morgan fingerprint density at radius 1 is 1.10 bits per heavy atom. The van der Waals surface area contributed by atoms with E-state index in [-0.39, 0.29) is 0 Å². The van der Waals surface area contributed by atoms with E-state index in [9.17, 15) is 5.11 Å². The summed E-state index contributed by atoms with van der Waals surface area (Å²) in [4.78, 5) is 0. The smallest absolute Gasteiger partial charge is 0.105 e. The predicted octanol–water partition coefficient (Wildman–Crippen LogP) is 3.27. The fraction of sp³-hybridized carbons (Fsp3) is 0.412. The summed E-state index contributed by atoms with van der Waals surface area (Å²) in [6.07, 6.45) is 2.06. The molecular weight excluding hydrogens is 250 g/mol. The molecule has 108 valence electrons. The average Bonchev–Trinajstić information content (AvgIpc) is 2.96. The number of aliphatic hydroxyl groups is 1. The van der Waals surface area contributed by atoms with E-state index in [4.69, 9.17) is 4.42 Å². The van der Waals surface area contributed by atoms with Crippen LogP contribution in [0.4, 0.5) is 0 Å². The third kappa shape index (κ3) is 4.22. The molecule has 0 aliphatic carbocycles. The van der Waals surface area contributed by atoms with Gasteiger partial charge in [-0.25, -0.2) is 0 Å². The van der Waals surface area contributed by atoms with Gasteiger partial charge in [-0.15, -0.1) is 0 Å². The molecule has 1 atom stereocenters. The molecule has 1 heterocycles. The lowest BCUT2D eigenvalue weighted by atomic mass is 10.00. The van der Waals surface area contributed by atoms with Crippen molar-refractivity contribution < 1.29 is 9.52 Å². The van der Waals surface area contributed by atoms with E-state index in [1.807, 2.05) is 24.3 Å². The van der Waals surface area contributed by atoms with Gasteiger partial charge in [-0.05, 0) is 29.2 Å². The molecule has 0 aliphatic rings. The van der Waals surface area contributed by atoms with Gasteiger partial charge in [0.25, 0.3) is 0 Å². The highest BCUT2D eigenvalue weighted by atomic mass is 16.3. The van der Waals surface area contributed by atoms with Crippen molar-refractivity contribution in [3.8, 4) is 0 Å². The minimum absolute atomic E-state index is 0.465. The first-order chi connectivity index (χ1) is 9.66. The Labute approximate surface area is 120 Å². The van der Waals surface area contributed by atoms with Crippen molar-refractivity contribution in [2.45, 2.75) is 32.3 Å². The van der Waals surface area contributed by atoms with Crippen molar-refractivity contribution in [2.24, 2.45) is 0 Å². The molecule has 0 bridgehead atoms. The highest BCUT2D eigenvalue weighted by Crippen LogP contribution is 2.18. The van der Waals surface area contributed by atoms with E-state index in [0.717, 1.165) is 24.3 Å². The Bertz CT molecular complexity index is 488. The van der Waals surface area contributed by atoms with Crippen molar-refractivity contribution in [3.63, 3.8) is 0 Å². The van der Waals surface area contributed by atoms with Gasteiger partial charge in [-0.3, -0.25) is 0 Å². The van der Waals surface area contributed by atoms with Crippen LogP contribution < -0.4 is 5.32 Å². The highest BCUT2D eigenvalue weighted by molar-refractivity contribution is 5.26. The van der Waals surface area contributed by atoms with Crippen LogP contribution in [0.3, 0.4) is 0 Å². The first-order valence-corrected chi connectivity index (χ1v) is 7.18. The monoisotopic (exact) mass is 273 g/mol. The van der Waals surface area contributed by atoms with Crippen LogP contribution in [0.25, 0.3) is 0 Å². The summed E-state index contributed by atoms with van der Waals surface area (Å²) in [7, 11) is 0. The molecule has 20 heavy (non-hydrogen) atoms. The summed E-state index contributed by atoms with van der Waals surface area (Å²) in [5.74, 6) is 1.49. The van der Waals surface area contributed by atoms with E-state index in [0.29, 0.717) is 12.5 Å². The van der Waals surface area contributed by atoms with E-state index < -0.39 is 6.10 Å². The van der Waals surface area contributed by atoms with E-state index in [1.54, 1.807) is 6.26 Å². The fourth-order valence-corrected chi connectivity index (χ4v) is 2.13. The molecule has 1 aromatic heterocycles. The molecular formula is C17H23NO2. The van der Waals surface area contributed by atoms with Crippen LogP contribution in [0, 0.1) is 0 Å². The SMILES string of the molecule is CC(C)c1ccc(C(O)CNCCc2ccco2)cc1. The summed E-state index contributed by atoms with van der Waals surface area (Å²) >= 11 is 0. The van der Waals surface area contributed by atoms with Gasteiger partial charge in [0.1, 0.15) is 5.76 Å². The molecule has 3 heteroatoms. The molecule has 0 fully saturated rings. The molecule has 3 nitrogen and oxygen atoms in total. The molecule has 2 aromatic rings. The fourth-order valence-electron chi connectivity index (χ4n) is 2.13. The normalized spacial score (nSPS) is 12.8. The Kier molecular flexibility index (Phi) is 5.39. The minimum Gasteiger partial charge on any atom is -0.469 e. The zero-order valence-corrected chi connectivity index (χ0v) is 12.2. The molecule has 2 N–H and O–H groups in total. The molecule has 0 radical (unpaired) electrons. The van der Waals surface area contributed by atoms with Crippen molar-refractivity contribution in [1.29, 1.82) is 0 Å². The lowest BCUT2D eigenvalue weighted by molar-refractivity contribution is 0.175. The summed E-state index contributed by atoms with van der Waals surface area (Å²) < 4.78 is 5.26. The highest BCUT2D eigenvalue weighted by Gasteiger charge is 2.07. The summed E-state index contributed by atoms with van der Waals surface area (Å²) in [5, 5.41) is 13.4. The maximum Gasteiger partial charge on any atom is 0.105 e. The molecule has 2 rings (SSSR count). The van der Waals surface area contributed by atoms with Gasteiger partial charge in [0.2, 0.25) is 0 Å². The third-order valence-electron chi connectivity index (χ3n) is 3.45. The van der Waals surface area contributed by atoms with Crippen LogP contribution in [0.15, 0.2) is 47.1 Å². The van der Waals surface area contributed by atoms with E-state index >= 15 is 0 Å². The second-order valence-corrected chi connectivity index (χ2v) is 5.37. The van der Waals surface area contributed by atoms with Crippen molar-refractivity contribution in [2.75, 3.05) is 13.1 Å². The van der Waals surface area contributed by atoms with Crippen molar-refractivity contribution >= 4 is 0 Å². The largest absolute Gasteiger partial charge is 0.469 e. The number of hydrogen-bond donors (Lipinski definition) is 2. The number of aliphatic hydroxyl groups excluding tert-OH is 1. The molecule has 0 spiro atoms. The third-order valence-corrected chi connectivity index (χ3v) is 3.45. The maximum atomic E-state index is 10.1. The zero-order valence-electron chi connectivity index (χ0n) is 12.2. The van der Waals surface area contributed by atoms with Crippen LogP contribution in [0.5, 0.6) is 0 Å². The first kappa shape index (κ1) is 14.8. The zero-order chi connectivity index (χ0) is 14.4. The molecule has 0 aliphatic heterocycles. The quantitative estimate of drug-likeness (QED) is 0.761. The van der Waals surface area contributed by atoms with Crippen LogP contribution in [0.2, 0.25) is 0 Å². The summed E-state index contributed by atoms with van der Waals surface area (Å²) in [6.45, 7) is 5.69. The maximum absolute atomic E-state index is 10.1. The molecule has 0 saturated heterocycles. The topological polar surface area (TPSA) is 45.4 Å². The van der Waals surface area contributed by atoms with E-state index in [1.165, 1.54) is 5.56 Å². The number of rotatable bonds is 7. The first-order valence-electron chi connectivity index (χ1n) is 7.18. The minimum atomic E-state index is -0.465. The molecule has 1 unspecified atom stereocenters. The van der Waals surface area contributed by atoms with Crippen LogP contribution in [-0.4, -0.2) is 18.2 Å². The van der Waals surface area contributed by atoms with Gasteiger partial charge in [0, 0.05) is 19.5 Å². The van der Waals surface area contributed by atoms with Crippen LogP contribution in [0.1, 0.15) is 42.8 Å². The van der Waals surface area contributed by atoms with Gasteiger partial charge >= 0.3 is 0 Å². The lowest BCUT2D eigenvalue weighted by Gasteiger charge is -2.13. The number of nitrogens with one attached hydrogen (secondary N) is 1. The second-order valence-electron chi connectivity index (χ2n) is 5.37. The summed E-state index contributed by atoms with van der Waals surface area (Å²) in [6, 6.07) is 12.0. The lowest BCUT2D eigenvalue weighted by Crippen LogP contribution is -2.23. The molecule has 1 aromatic carbocycles. The molecule has 0 saturated carbocycles. The van der Waals surface area contributed by atoms with Crippen molar-refractivity contribution in [1.82, 2.24) is 5.32 Å². The van der Waals surface area contributed by atoms with Gasteiger partial charge in [0.05, 0.1) is 12.4 Å². The Hall–Kier alpha value is -1.58. The Balaban J connectivity index is 1.75. The summed E-state index contributed by atoms with van der Waals surface area (Å²) in [5.41, 5.74) is 2.26. The number of hydrogen-bond acceptors (Lipinski definition) is 3. The van der Waals surface area contributed by atoms with Crippen LogP contribution >= 0.6 is 0 Å². The Morgan fingerprint density at radius 2 is 1.80 bits per heavy atom. The predicted molar refractivity (Wildman–Crippen MR) is 80.8 cm³/mol. The van der Waals surface area contributed by atoms with Crippen LogP contribution in [-0.2, 0) is 6.42 Å². The van der Waals surface area contributed by atoms with Gasteiger partial charge < -0.3 is 14.8 Å². The standard InChI is InChI=1S/C17H23NO2/c1-13(2)14-5-7-15(8-6-14)17(19)12-18-10-9-16-4-3-11-20-16/h3-8,11,13,17-19H,9-10,12H2,1-2H3. The second kappa shape index (κ2) is 7.27. The average molecular weight is 273 g/mol. The number of benzene rings is 1. The Morgan fingerprint density at radius 3 is 2.40 bits per heavy atom.